The summed E-state index contributed by atoms with van der Waals surface area (Å²) in [6, 6.07) is 0. The highest BCUT2D eigenvalue weighted by atomic mass is 16.5. The first kappa shape index (κ1) is 23.5. The van der Waals surface area contributed by atoms with E-state index in [-0.39, 0.29) is 53.8 Å². The lowest BCUT2D eigenvalue weighted by atomic mass is 9.81. The summed E-state index contributed by atoms with van der Waals surface area (Å²) in [5.41, 5.74) is 0. The van der Waals surface area contributed by atoms with E-state index in [9.17, 15) is 19.2 Å². The Morgan fingerprint density at radius 3 is 1.23 bits per heavy atom. The number of esters is 3. The number of carbonyl (C=O) groups excluding carboxylic acids is 3. The summed E-state index contributed by atoms with van der Waals surface area (Å²) in [5, 5.41) is 9.06. The molecule has 174 valence electrons. The molecule has 0 radical (unpaired) electrons. The number of carboxylic acids is 1. The van der Waals surface area contributed by atoms with Gasteiger partial charge in [0.05, 0.1) is 30.8 Å². The van der Waals surface area contributed by atoms with Gasteiger partial charge in [-0.2, -0.15) is 0 Å². The lowest BCUT2D eigenvalue weighted by molar-refractivity contribution is -0.164. The summed E-state index contributed by atoms with van der Waals surface area (Å²) in [4.78, 5) is 47.7. The highest BCUT2D eigenvalue weighted by Crippen LogP contribution is 2.34. The van der Waals surface area contributed by atoms with Crippen LogP contribution in [0.15, 0.2) is 0 Å². The molecule has 3 rings (SSSR count). The first-order chi connectivity index (χ1) is 14.9. The van der Waals surface area contributed by atoms with Crippen molar-refractivity contribution < 1.29 is 38.5 Å². The van der Waals surface area contributed by atoms with Gasteiger partial charge in [-0.15, -0.1) is 0 Å². The van der Waals surface area contributed by atoms with Gasteiger partial charge in [-0.25, -0.2) is 0 Å². The minimum absolute atomic E-state index is 0.0967. The second kappa shape index (κ2) is 11.0. The molecule has 0 saturated heterocycles. The summed E-state index contributed by atoms with van der Waals surface area (Å²) in [6.07, 6.45) is 7.12. The topological polar surface area (TPSA) is 116 Å². The molecule has 1 N–H and O–H groups in total. The van der Waals surface area contributed by atoms with E-state index < -0.39 is 5.97 Å². The van der Waals surface area contributed by atoms with Gasteiger partial charge in [0.2, 0.25) is 0 Å². The average Bonchev–Trinajstić information content (AvgIpc) is 2.79. The lowest BCUT2D eigenvalue weighted by Gasteiger charge is -2.31. The third-order valence-electron chi connectivity index (χ3n) is 7.19. The van der Waals surface area contributed by atoms with Crippen LogP contribution < -0.4 is 0 Å². The molecule has 0 spiro atoms. The smallest absolute Gasteiger partial charge is 0.309 e. The first-order valence-electron chi connectivity index (χ1n) is 11.6. The standard InChI is InChI=1S/C23H34O8/c1-29-21(26)15-8-12-19(13-9-15)31-23(28)17-4-2-16(3-5-17)22(27)30-18-10-6-14(7-11-18)20(24)25/h14-19H,2-13H2,1H3,(H,24,25). The molecule has 3 aliphatic carbocycles. The van der Waals surface area contributed by atoms with Gasteiger partial charge in [-0.05, 0) is 77.0 Å². The number of methoxy groups -OCH3 is 1. The van der Waals surface area contributed by atoms with E-state index in [0.717, 1.165) is 0 Å². The van der Waals surface area contributed by atoms with E-state index in [4.69, 9.17) is 19.3 Å². The Balaban J connectivity index is 1.34. The van der Waals surface area contributed by atoms with Crippen molar-refractivity contribution in [2.45, 2.75) is 89.3 Å². The van der Waals surface area contributed by atoms with Gasteiger partial charge >= 0.3 is 23.9 Å². The molecule has 0 heterocycles. The quantitative estimate of drug-likeness (QED) is 0.496. The van der Waals surface area contributed by atoms with Crippen molar-refractivity contribution in [2.24, 2.45) is 23.7 Å². The lowest BCUT2D eigenvalue weighted by Crippen LogP contribution is -2.34. The molecule has 0 atom stereocenters. The van der Waals surface area contributed by atoms with Crippen LogP contribution in [0.5, 0.6) is 0 Å². The minimum Gasteiger partial charge on any atom is -0.481 e. The van der Waals surface area contributed by atoms with Crippen molar-refractivity contribution in [3.63, 3.8) is 0 Å². The van der Waals surface area contributed by atoms with E-state index in [0.29, 0.717) is 77.0 Å². The molecule has 8 nitrogen and oxygen atoms in total. The van der Waals surface area contributed by atoms with Crippen LogP contribution in [-0.4, -0.2) is 48.3 Å². The van der Waals surface area contributed by atoms with Crippen molar-refractivity contribution in [1.29, 1.82) is 0 Å². The average molecular weight is 439 g/mol. The van der Waals surface area contributed by atoms with Gasteiger partial charge in [-0.3, -0.25) is 19.2 Å². The molecule has 0 aromatic carbocycles. The van der Waals surface area contributed by atoms with Gasteiger partial charge < -0.3 is 19.3 Å². The fourth-order valence-electron chi connectivity index (χ4n) is 5.10. The van der Waals surface area contributed by atoms with Crippen molar-refractivity contribution in [1.82, 2.24) is 0 Å². The van der Waals surface area contributed by atoms with Gasteiger partial charge in [0, 0.05) is 0 Å². The van der Waals surface area contributed by atoms with Crippen LogP contribution >= 0.6 is 0 Å². The fraction of sp³-hybridized carbons (Fsp3) is 0.826. The third kappa shape index (κ3) is 6.43. The molecule has 0 amide bonds. The maximum absolute atomic E-state index is 12.5. The zero-order valence-corrected chi connectivity index (χ0v) is 18.3. The van der Waals surface area contributed by atoms with E-state index in [1.807, 2.05) is 0 Å². The molecular formula is C23H34O8. The largest absolute Gasteiger partial charge is 0.481 e. The predicted molar refractivity (Wildman–Crippen MR) is 109 cm³/mol. The summed E-state index contributed by atoms with van der Waals surface area (Å²) in [5.74, 6) is -2.18. The maximum Gasteiger partial charge on any atom is 0.309 e. The summed E-state index contributed by atoms with van der Waals surface area (Å²) in [6.45, 7) is 0. The number of ether oxygens (including phenoxy) is 3. The van der Waals surface area contributed by atoms with E-state index >= 15 is 0 Å². The minimum atomic E-state index is -0.772. The Morgan fingerprint density at radius 2 is 0.871 bits per heavy atom. The number of carboxylic acid groups (broad SMARTS) is 1. The molecule has 0 aromatic heterocycles. The Bertz CT molecular complexity index is 650. The SMILES string of the molecule is COC(=O)C1CCC(OC(=O)C2CCC(C(=O)OC3CCC(C(=O)O)CC3)CC2)CC1. The molecule has 3 fully saturated rings. The predicted octanol–water partition coefficient (Wildman–Crippen LogP) is 3.25. The van der Waals surface area contributed by atoms with Crippen LogP contribution in [0.3, 0.4) is 0 Å². The van der Waals surface area contributed by atoms with Crippen LogP contribution in [0.4, 0.5) is 0 Å². The summed E-state index contributed by atoms with van der Waals surface area (Å²) < 4.78 is 16.1. The van der Waals surface area contributed by atoms with Gasteiger partial charge in [0.15, 0.2) is 0 Å². The highest BCUT2D eigenvalue weighted by molar-refractivity contribution is 5.75. The van der Waals surface area contributed by atoms with Crippen molar-refractivity contribution in [3.05, 3.63) is 0 Å². The zero-order valence-electron chi connectivity index (χ0n) is 18.3. The monoisotopic (exact) mass is 438 g/mol. The third-order valence-corrected chi connectivity index (χ3v) is 7.19. The van der Waals surface area contributed by atoms with Crippen LogP contribution in [0.1, 0.15) is 77.0 Å². The fourth-order valence-corrected chi connectivity index (χ4v) is 5.10. The summed E-state index contributed by atoms with van der Waals surface area (Å²) in [7, 11) is 1.39. The second-order valence-corrected chi connectivity index (χ2v) is 9.23. The molecule has 3 saturated carbocycles. The number of aliphatic carboxylic acids is 1. The number of rotatable bonds is 6. The highest BCUT2D eigenvalue weighted by Gasteiger charge is 2.36. The summed E-state index contributed by atoms with van der Waals surface area (Å²) >= 11 is 0. The van der Waals surface area contributed by atoms with Gasteiger partial charge in [0.25, 0.3) is 0 Å². The molecule has 0 aliphatic heterocycles. The molecule has 8 heteroatoms. The normalized spacial score (nSPS) is 33.7. The van der Waals surface area contributed by atoms with Crippen LogP contribution in [0, 0.1) is 23.7 Å². The van der Waals surface area contributed by atoms with Crippen molar-refractivity contribution >= 4 is 23.9 Å². The maximum atomic E-state index is 12.5. The molecule has 0 aromatic rings. The number of carbonyl (C=O) groups is 4. The molecule has 0 bridgehead atoms. The molecular weight excluding hydrogens is 404 g/mol. The molecule has 31 heavy (non-hydrogen) atoms. The molecule has 3 aliphatic rings. The Hall–Kier alpha value is -2.12. The molecule has 0 unspecified atom stereocenters. The van der Waals surface area contributed by atoms with E-state index in [2.05, 4.69) is 0 Å². The van der Waals surface area contributed by atoms with Crippen LogP contribution in [-0.2, 0) is 33.4 Å². The first-order valence-corrected chi connectivity index (χ1v) is 11.6. The number of hydrogen-bond acceptors (Lipinski definition) is 7. The van der Waals surface area contributed by atoms with Gasteiger partial charge in [-0.1, -0.05) is 0 Å². The second-order valence-electron chi connectivity index (χ2n) is 9.23. The van der Waals surface area contributed by atoms with E-state index in [1.54, 1.807) is 0 Å². The van der Waals surface area contributed by atoms with Crippen molar-refractivity contribution in [3.8, 4) is 0 Å². The Labute approximate surface area is 183 Å². The van der Waals surface area contributed by atoms with Gasteiger partial charge in [0.1, 0.15) is 12.2 Å². The van der Waals surface area contributed by atoms with Crippen LogP contribution in [0.25, 0.3) is 0 Å². The zero-order chi connectivity index (χ0) is 22.4. The van der Waals surface area contributed by atoms with E-state index in [1.165, 1.54) is 7.11 Å². The Morgan fingerprint density at radius 1 is 0.548 bits per heavy atom. The number of hydrogen-bond donors (Lipinski definition) is 1. The van der Waals surface area contributed by atoms with Crippen LogP contribution in [0.2, 0.25) is 0 Å². The van der Waals surface area contributed by atoms with Crippen molar-refractivity contribution in [2.75, 3.05) is 7.11 Å². The Kier molecular flexibility index (Phi) is 8.32.